The Morgan fingerprint density at radius 2 is 1.63 bits per heavy atom. The first-order valence-electron chi connectivity index (χ1n) is 9.89. The van der Waals surface area contributed by atoms with Crippen LogP contribution in [-0.2, 0) is 4.74 Å². The van der Waals surface area contributed by atoms with Crippen molar-refractivity contribution in [3.8, 4) is 5.75 Å². The van der Waals surface area contributed by atoms with Crippen molar-refractivity contribution in [3.05, 3.63) is 52.3 Å². The van der Waals surface area contributed by atoms with Gasteiger partial charge in [0.05, 0.1) is 20.3 Å². The smallest absolute Gasteiger partial charge is 0.354 e. The molecule has 0 unspecified atom stereocenters. The lowest BCUT2D eigenvalue weighted by Crippen LogP contribution is -2.45. The quantitative estimate of drug-likeness (QED) is 0.524. The molecule has 0 aliphatic carbocycles. The van der Waals surface area contributed by atoms with Crippen LogP contribution in [-0.4, -0.2) is 54.3 Å². The number of esters is 1. The monoisotopic (exact) mass is 414 g/mol. The van der Waals surface area contributed by atoms with E-state index in [2.05, 4.69) is 4.98 Å². The molecule has 1 aromatic carbocycles. The molecule has 0 bridgehead atoms. The predicted octanol–water partition coefficient (Wildman–Crippen LogP) is 3.80. The lowest BCUT2D eigenvalue weighted by atomic mass is 9.98. The van der Waals surface area contributed by atoms with Crippen molar-refractivity contribution in [1.82, 2.24) is 9.88 Å². The van der Waals surface area contributed by atoms with Crippen molar-refractivity contribution in [3.63, 3.8) is 0 Å². The van der Waals surface area contributed by atoms with Crippen LogP contribution >= 0.6 is 0 Å². The number of ether oxygens (including phenoxy) is 2. The zero-order chi connectivity index (χ0) is 22.6. The van der Waals surface area contributed by atoms with Gasteiger partial charge in [0.1, 0.15) is 11.4 Å². The summed E-state index contributed by atoms with van der Waals surface area (Å²) in [6, 6.07) is 6.11. The Kier molecular flexibility index (Phi) is 7.43. The third kappa shape index (κ3) is 4.72. The number of carbonyl (C=O) groups is 3. The van der Waals surface area contributed by atoms with E-state index >= 15 is 0 Å². The second-order valence-electron chi connectivity index (χ2n) is 7.74. The van der Waals surface area contributed by atoms with Crippen LogP contribution in [0.15, 0.2) is 24.3 Å². The summed E-state index contributed by atoms with van der Waals surface area (Å²) in [6.07, 6.45) is 0. The minimum Gasteiger partial charge on any atom is -0.497 e. The van der Waals surface area contributed by atoms with Crippen molar-refractivity contribution in [1.29, 1.82) is 0 Å². The van der Waals surface area contributed by atoms with Crippen LogP contribution in [0.1, 0.15) is 63.2 Å². The van der Waals surface area contributed by atoms with E-state index in [1.54, 1.807) is 57.0 Å². The minimum atomic E-state index is -0.708. The SMILES string of the molecule is COC(=O)c1[nH]c(C)c(C(=O)[C@@H](C)N(CC(C)C)C(=O)c2ccc(OC)cc2)c1C. The molecule has 0 spiro atoms. The Hall–Kier alpha value is -3.09. The van der Waals surface area contributed by atoms with Crippen molar-refractivity contribution in [2.45, 2.75) is 40.7 Å². The van der Waals surface area contributed by atoms with E-state index in [1.165, 1.54) is 7.11 Å². The lowest BCUT2D eigenvalue weighted by molar-refractivity contribution is 0.0591. The van der Waals surface area contributed by atoms with E-state index in [0.29, 0.717) is 34.7 Å². The highest BCUT2D eigenvalue weighted by atomic mass is 16.5. The molecular formula is C23H30N2O5. The van der Waals surface area contributed by atoms with E-state index in [0.717, 1.165) is 0 Å². The second kappa shape index (κ2) is 9.61. The van der Waals surface area contributed by atoms with Crippen molar-refractivity contribution in [2.75, 3.05) is 20.8 Å². The van der Waals surface area contributed by atoms with Crippen LogP contribution in [0.4, 0.5) is 0 Å². The number of Topliss-reactive ketones (excluding diaryl/α,β-unsaturated/α-hetero) is 1. The number of aromatic nitrogens is 1. The Bertz CT molecular complexity index is 928. The summed E-state index contributed by atoms with van der Waals surface area (Å²) < 4.78 is 9.94. The largest absolute Gasteiger partial charge is 0.497 e. The van der Waals surface area contributed by atoms with Crippen LogP contribution in [0, 0.1) is 19.8 Å². The fourth-order valence-corrected chi connectivity index (χ4v) is 3.49. The summed E-state index contributed by atoms with van der Waals surface area (Å²) in [6.45, 7) is 9.56. The van der Waals surface area contributed by atoms with Crippen molar-refractivity contribution < 1.29 is 23.9 Å². The normalized spacial score (nSPS) is 11.9. The van der Waals surface area contributed by atoms with Crippen molar-refractivity contribution >= 4 is 17.7 Å². The van der Waals surface area contributed by atoms with E-state index in [4.69, 9.17) is 9.47 Å². The molecule has 1 heterocycles. The summed E-state index contributed by atoms with van der Waals surface area (Å²) in [5, 5.41) is 0. The second-order valence-corrected chi connectivity index (χ2v) is 7.74. The number of benzene rings is 1. The first kappa shape index (κ1) is 23.2. The highest BCUT2D eigenvalue weighted by molar-refractivity contribution is 6.07. The van der Waals surface area contributed by atoms with Gasteiger partial charge in [-0.1, -0.05) is 13.8 Å². The molecule has 30 heavy (non-hydrogen) atoms. The number of methoxy groups -OCH3 is 2. The summed E-state index contributed by atoms with van der Waals surface area (Å²) in [4.78, 5) is 43.1. The van der Waals surface area contributed by atoms with Gasteiger partial charge in [0, 0.05) is 23.4 Å². The lowest BCUT2D eigenvalue weighted by Gasteiger charge is -2.30. The van der Waals surface area contributed by atoms with E-state index in [9.17, 15) is 14.4 Å². The first-order valence-corrected chi connectivity index (χ1v) is 9.89. The number of rotatable bonds is 8. The zero-order valence-electron chi connectivity index (χ0n) is 18.7. The maximum absolute atomic E-state index is 13.4. The third-order valence-corrected chi connectivity index (χ3v) is 5.08. The maximum atomic E-state index is 13.4. The Balaban J connectivity index is 2.40. The van der Waals surface area contributed by atoms with Gasteiger partial charge in [0.2, 0.25) is 0 Å². The molecule has 0 radical (unpaired) electrons. The maximum Gasteiger partial charge on any atom is 0.354 e. The van der Waals surface area contributed by atoms with Gasteiger partial charge in [-0.3, -0.25) is 9.59 Å². The number of hydrogen-bond acceptors (Lipinski definition) is 5. The zero-order valence-corrected chi connectivity index (χ0v) is 18.7. The number of ketones is 1. The Morgan fingerprint density at radius 3 is 2.13 bits per heavy atom. The highest BCUT2D eigenvalue weighted by Gasteiger charge is 2.32. The predicted molar refractivity (Wildman–Crippen MR) is 114 cm³/mol. The average molecular weight is 415 g/mol. The van der Waals surface area contributed by atoms with E-state index in [1.807, 2.05) is 13.8 Å². The number of nitrogens with zero attached hydrogens (tertiary/aromatic N) is 1. The standard InChI is InChI=1S/C23H30N2O5/c1-13(2)12-25(22(27)17-8-10-18(29-6)11-9-17)16(5)21(26)19-14(3)20(23(28)30-7)24-15(19)4/h8-11,13,16,24H,12H2,1-7H3/t16-/m1/s1. The Morgan fingerprint density at radius 1 is 1.03 bits per heavy atom. The minimum absolute atomic E-state index is 0.168. The molecule has 0 saturated carbocycles. The number of aromatic amines is 1. The van der Waals surface area contributed by atoms with Gasteiger partial charge in [0.15, 0.2) is 5.78 Å². The van der Waals surface area contributed by atoms with Crippen LogP contribution in [0.25, 0.3) is 0 Å². The Labute approximate surface area is 177 Å². The molecule has 2 aromatic rings. The summed E-state index contributed by atoms with van der Waals surface area (Å²) in [5.41, 5.74) is 2.25. The van der Waals surface area contributed by atoms with Gasteiger partial charge in [-0.05, 0) is 56.5 Å². The van der Waals surface area contributed by atoms with Crippen molar-refractivity contribution in [2.24, 2.45) is 5.92 Å². The van der Waals surface area contributed by atoms with Crippen LogP contribution in [0.3, 0.4) is 0 Å². The van der Waals surface area contributed by atoms with E-state index < -0.39 is 12.0 Å². The molecular weight excluding hydrogens is 384 g/mol. The van der Waals surface area contributed by atoms with Gasteiger partial charge < -0.3 is 19.4 Å². The summed E-state index contributed by atoms with van der Waals surface area (Å²) in [5.74, 6) is -0.165. The number of amides is 1. The molecule has 7 nitrogen and oxygen atoms in total. The van der Waals surface area contributed by atoms with Gasteiger partial charge in [-0.25, -0.2) is 4.79 Å². The summed E-state index contributed by atoms with van der Waals surface area (Å²) >= 11 is 0. The van der Waals surface area contributed by atoms with Crippen LogP contribution in [0.2, 0.25) is 0 Å². The molecule has 0 saturated heterocycles. The number of hydrogen-bond donors (Lipinski definition) is 1. The number of carbonyl (C=O) groups excluding carboxylic acids is 3. The first-order chi connectivity index (χ1) is 14.1. The number of nitrogens with one attached hydrogen (secondary N) is 1. The molecule has 1 atom stereocenters. The molecule has 0 aliphatic rings. The molecule has 0 fully saturated rings. The molecule has 1 N–H and O–H groups in total. The fraction of sp³-hybridized carbons (Fsp3) is 0.435. The van der Waals surface area contributed by atoms with E-state index in [-0.39, 0.29) is 23.3 Å². The molecule has 7 heteroatoms. The number of H-pyrrole nitrogens is 1. The van der Waals surface area contributed by atoms with Gasteiger partial charge in [-0.15, -0.1) is 0 Å². The molecule has 0 aliphatic heterocycles. The molecule has 2 rings (SSSR count). The van der Waals surface area contributed by atoms with Crippen LogP contribution < -0.4 is 4.74 Å². The molecule has 1 aromatic heterocycles. The summed E-state index contributed by atoms with van der Waals surface area (Å²) in [7, 11) is 2.85. The average Bonchev–Trinajstić information content (AvgIpc) is 3.03. The highest BCUT2D eigenvalue weighted by Crippen LogP contribution is 2.23. The van der Waals surface area contributed by atoms with Gasteiger partial charge in [-0.2, -0.15) is 0 Å². The fourth-order valence-electron chi connectivity index (χ4n) is 3.49. The number of aryl methyl sites for hydroxylation is 1. The van der Waals surface area contributed by atoms with Gasteiger partial charge >= 0.3 is 5.97 Å². The third-order valence-electron chi connectivity index (χ3n) is 5.08. The topological polar surface area (TPSA) is 88.7 Å². The molecule has 1 amide bonds. The van der Waals surface area contributed by atoms with Gasteiger partial charge in [0.25, 0.3) is 5.91 Å². The van der Waals surface area contributed by atoms with Crippen LogP contribution in [0.5, 0.6) is 5.75 Å². The molecule has 162 valence electrons.